The highest BCUT2D eigenvalue weighted by Crippen LogP contribution is 2.30. The van der Waals surface area contributed by atoms with Gasteiger partial charge in [-0.15, -0.1) is 0 Å². The maximum Gasteiger partial charge on any atom is 0.410 e. The highest BCUT2D eigenvalue weighted by molar-refractivity contribution is 6.28. The van der Waals surface area contributed by atoms with Gasteiger partial charge in [-0.05, 0) is 43.5 Å². The zero-order chi connectivity index (χ0) is 17.5. The summed E-state index contributed by atoms with van der Waals surface area (Å²) in [6, 6.07) is 3.61. The van der Waals surface area contributed by atoms with Crippen LogP contribution in [0.1, 0.15) is 26.5 Å². The van der Waals surface area contributed by atoms with E-state index in [0.717, 1.165) is 0 Å². The molecular formula is C16H18ClN5O2. The summed E-state index contributed by atoms with van der Waals surface area (Å²) in [5.74, 6) is 0.629. The molecule has 1 aromatic heterocycles. The summed E-state index contributed by atoms with van der Waals surface area (Å²) in [4.78, 5) is 23.9. The second-order valence-electron chi connectivity index (χ2n) is 6.89. The predicted octanol–water partition coefficient (Wildman–Crippen LogP) is 2.37. The Bertz CT molecular complexity index is 745. The fourth-order valence-electron chi connectivity index (χ4n) is 2.82. The molecule has 0 bridgehead atoms. The number of rotatable bonds is 1. The van der Waals surface area contributed by atoms with E-state index in [-0.39, 0.29) is 17.1 Å². The van der Waals surface area contributed by atoms with E-state index in [1.807, 2.05) is 31.7 Å². The largest absolute Gasteiger partial charge is 0.444 e. The van der Waals surface area contributed by atoms with Crippen LogP contribution in [-0.4, -0.2) is 52.7 Å². The van der Waals surface area contributed by atoms with Crippen LogP contribution >= 0.6 is 11.6 Å². The summed E-state index contributed by atoms with van der Waals surface area (Å²) in [6.07, 6.45) is -0.291. The van der Waals surface area contributed by atoms with Crippen LogP contribution in [0.4, 0.5) is 10.6 Å². The number of carbonyl (C=O) groups excluding carboxylic acids is 1. The fraction of sp³-hybridized carbons (Fsp3) is 0.500. The van der Waals surface area contributed by atoms with Crippen molar-refractivity contribution in [3.8, 4) is 6.07 Å². The second kappa shape index (κ2) is 5.95. The van der Waals surface area contributed by atoms with E-state index in [2.05, 4.69) is 9.97 Å². The number of halogens is 1. The number of hydrogen-bond acceptors (Lipinski definition) is 6. The predicted molar refractivity (Wildman–Crippen MR) is 88.8 cm³/mol. The lowest BCUT2D eigenvalue weighted by atomic mass is 10.2. The first-order valence-electron chi connectivity index (χ1n) is 7.62. The summed E-state index contributed by atoms with van der Waals surface area (Å²) in [5.41, 5.74) is 2.12. The Balaban J connectivity index is 1.65. The van der Waals surface area contributed by atoms with Gasteiger partial charge in [0.25, 0.3) is 0 Å². The average molecular weight is 348 g/mol. The lowest BCUT2D eigenvalue weighted by Crippen LogP contribution is -2.38. The maximum absolute atomic E-state index is 12.2. The molecule has 0 radical (unpaired) electrons. The van der Waals surface area contributed by atoms with Gasteiger partial charge in [-0.25, -0.2) is 14.8 Å². The molecule has 0 fully saturated rings. The van der Waals surface area contributed by atoms with Crippen LogP contribution in [0.5, 0.6) is 0 Å². The third kappa shape index (κ3) is 3.44. The van der Waals surface area contributed by atoms with Crippen molar-refractivity contribution in [2.24, 2.45) is 0 Å². The van der Waals surface area contributed by atoms with Crippen molar-refractivity contribution in [3.05, 3.63) is 28.2 Å². The number of nitriles is 1. The molecular weight excluding hydrogens is 330 g/mol. The Kier molecular flexibility index (Phi) is 4.10. The number of anilines is 1. The highest BCUT2D eigenvalue weighted by atomic mass is 35.5. The summed E-state index contributed by atoms with van der Waals surface area (Å²) in [5, 5.41) is 9.05. The summed E-state index contributed by atoms with van der Waals surface area (Å²) in [7, 11) is 0. The Labute approximate surface area is 145 Å². The first kappa shape index (κ1) is 16.5. The third-order valence-corrected chi connectivity index (χ3v) is 3.97. The maximum atomic E-state index is 12.2. The van der Waals surface area contributed by atoms with Crippen molar-refractivity contribution in [2.75, 3.05) is 31.1 Å². The van der Waals surface area contributed by atoms with Gasteiger partial charge in [0.2, 0.25) is 5.28 Å². The molecule has 0 unspecified atom stereocenters. The molecule has 0 saturated carbocycles. The van der Waals surface area contributed by atoms with Gasteiger partial charge in [-0.2, -0.15) is 5.26 Å². The Hall–Kier alpha value is -2.33. The third-order valence-electron chi connectivity index (χ3n) is 3.80. The molecule has 1 amide bonds. The first-order valence-corrected chi connectivity index (χ1v) is 8.00. The van der Waals surface area contributed by atoms with Crippen LogP contribution in [0, 0.1) is 11.3 Å². The van der Waals surface area contributed by atoms with E-state index in [0.29, 0.717) is 32.0 Å². The summed E-state index contributed by atoms with van der Waals surface area (Å²) < 4.78 is 5.42. The minimum Gasteiger partial charge on any atom is -0.444 e. The van der Waals surface area contributed by atoms with E-state index in [9.17, 15) is 4.79 Å². The molecule has 0 aromatic carbocycles. The van der Waals surface area contributed by atoms with Crippen LogP contribution in [0.3, 0.4) is 0 Å². The topological polar surface area (TPSA) is 82.4 Å². The zero-order valence-corrected chi connectivity index (χ0v) is 14.6. The summed E-state index contributed by atoms with van der Waals surface area (Å²) >= 11 is 5.87. The van der Waals surface area contributed by atoms with Gasteiger partial charge in [0, 0.05) is 32.2 Å². The van der Waals surface area contributed by atoms with Gasteiger partial charge in [0.15, 0.2) is 0 Å². The van der Waals surface area contributed by atoms with Crippen LogP contribution in [0.25, 0.3) is 0 Å². The monoisotopic (exact) mass is 347 g/mol. The number of ether oxygens (including phenoxy) is 1. The molecule has 126 valence electrons. The molecule has 24 heavy (non-hydrogen) atoms. The number of hydrogen-bond donors (Lipinski definition) is 0. The van der Waals surface area contributed by atoms with E-state index in [1.165, 1.54) is 11.1 Å². The molecule has 0 N–H and O–H groups in total. The molecule has 7 nitrogen and oxygen atoms in total. The van der Waals surface area contributed by atoms with E-state index in [4.69, 9.17) is 21.6 Å². The minimum atomic E-state index is -0.498. The number of amides is 1. The molecule has 0 atom stereocenters. The molecule has 3 heterocycles. The lowest BCUT2D eigenvalue weighted by Gasteiger charge is -2.26. The van der Waals surface area contributed by atoms with E-state index in [1.54, 1.807) is 11.0 Å². The molecule has 3 rings (SSSR count). The van der Waals surface area contributed by atoms with Crippen molar-refractivity contribution in [1.29, 1.82) is 5.26 Å². The molecule has 0 spiro atoms. The van der Waals surface area contributed by atoms with Crippen LogP contribution in [-0.2, 0) is 4.74 Å². The average Bonchev–Trinajstić information content (AvgIpc) is 3.03. The van der Waals surface area contributed by atoms with Gasteiger partial charge in [-0.3, -0.25) is 0 Å². The van der Waals surface area contributed by atoms with Crippen molar-refractivity contribution >= 4 is 23.5 Å². The molecule has 0 saturated heterocycles. The van der Waals surface area contributed by atoms with Crippen molar-refractivity contribution in [2.45, 2.75) is 26.4 Å². The number of carbonyl (C=O) groups is 1. The fourth-order valence-corrected chi connectivity index (χ4v) is 3.00. The molecule has 8 heteroatoms. The lowest BCUT2D eigenvalue weighted by molar-refractivity contribution is 0.0297. The Morgan fingerprint density at radius 2 is 1.88 bits per heavy atom. The second-order valence-corrected chi connectivity index (χ2v) is 7.23. The molecule has 2 aliphatic rings. The summed E-state index contributed by atoms with van der Waals surface area (Å²) in [6.45, 7) is 8.01. The number of nitrogens with zero attached hydrogens (tertiary/aromatic N) is 5. The Morgan fingerprint density at radius 1 is 1.25 bits per heavy atom. The zero-order valence-electron chi connectivity index (χ0n) is 13.8. The minimum absolute atomic E-state index is 0.0616. The van der Waals surface area contributed by atoms with Crippen molar-refractivity contribution in [3.63, 3.8) is 0 Å². The van der Waals surface area contributed by atoms with Crippen LogP contribution in [0.2, 0.25) is 5.28 Å². The van der Waals surface area contributed by atoms with Crippen molar-refractivity contribution in [1.82, 2.24) is 14.9 Å². The quantitative estimate of drug-likeness (QED) is 0.573. The standard InChI is InChI=1S/C16H18ClN5O2/c1-16(2,3)24-15(23)22-8-10-6-21(7-11(10)9-22)13-4-12(5-18)19-14(17)20-13/h4H,6-9H2,1-3H3. The van der Waals surface area contributed by atoms with Gasteiger partial charge >= 0.3 is 6.09 Å². The molecule has 1 aromatic rings. The van der Waals surface area contributed by atoms with Gasteiger partial charge in [0.05, 0.1) is 0 Å². The molecule has 0 aliphatic carbocycles. The SMILES string of the molecule is CC(C)(C)OC(=O)N1CC2=C(C1)CN(c1cc(C#N)nc(Cl)n1)C2. The normalized spacial score (nSPS) is 17.1. The van der Waals surface area contributed by atoms with Crippen LogP contribution < -0.4 is 4.90 Å². The first-order chi connectivity index (χ1) is 11.2. The number of aromatic nitrogens is 2. The van der Waals surface area contributed by atoms with Crippen molar-refractivity contribution < 1.29 is 9.53 Å². The highest BCUT2D eigenvalue weighted by Gasteiger charge is 2.34. The Morgan fingerprint density at radius 3 is 2.42 bits per heavy atom. The van der Waals surface area contributed by atoms with Crippen LogP contribution in [0.15, 0.2) is 17.2 Å². The van der Waals surface area contributed by atoms with E-state index >= 15 is 0 Å². The van der Waals surface area contributed by atoms with E-state index < -0.39 is 5.60 Å². The smallest absolute Gasteiger partial charge is 0.410 e. The van der Waals surface area contributed by atoms with Gasteiger partial charge in [0.1, 0.15) is 23.2 Å². The molecule has 2 aliphatic heterocycles. The van der Waals surface area contributed by atoms with Gasteiger partial charge in [-0.1, -0.05) is 0 Å². The van der Waals surface area contributed by atoms with Gasteiger partial charge < -0.3 is 14.5 Å².